The van der Waals surface area contributed by atoms with Crippen LogP contribution in [0.3, 0.4) is 0 Å². The third-order valence-electron chi connectivity index (χ3n) is 1.65. The number of carbonyl (C=O) groups excluding carboxylic acids is 2. The van der Waals surface area contributed by atoms with Crippen molar-refractivity contribution < 1.29 is 22.8 Å². The van der Waals surface area contributed by atoms with Crippen molar-refractivity contribution in [3.05, 3.63) is 16.7 Å². The van der Waals surface area contributed by atoms with Crippen molar-refractivity contribution in [1.82, 2.24) is 4.98 Å². The molecule has 0 unspecified atom stereocenters. The van der Waals surface area contributed by atoms with Gasteiger partial charge in [0, 0.05) is 17.6 Å². The minimum Gasteiger partial charge on any atom is -0.315 e. The molecule has 1 aromatic rings. The molecule has 0 aliphatic heterocycles. The first-order valence-electron chi connectivity index (χ1n) is 4.51. The molecule has 0 radical (unpaired) electrons. The highest BCUT2D eigenvalue weighted by molar-refractivity contribution is 9.10. The van der Waals surface area contributed by atoms with Crippen molar-refractivity contribution in [2.75, 3.05) is 10.6 Å². The van der Waals surface area contributed by atoms with E-state index in [-0.39, 0.29) is 11.5 Å². The minimum absolute atomic E-state index is 0.164. The molecule has 18 heavy (non-hydrogen) atoms. The Balaban J connectivity index is 3.02. The molecule has 98 valence electrons. The van der Waals surface area contributed by atoms with Gasteiger partial charge in [-0.1, -0.05) is 0 Å². The van der Waals surface area contributed by atoms with Gasteiger partial charge in [-0.25, -0.2) is 4.98 Å². The van der Waals surface area contributed by atoms with Crippen LogP contribution in [0.4, 0.5) is 24.7 Å². The lowest BCUT2D eigenvalue weighted by Crippen LogP contribution is -2.30. The molecule has 0 saturated heterocycles. The summed E-state index contributed by atoms with van der Waals surface area (Å²) in [4.78, 5) is 25.3. The molecule has 0 saturated carbocycles. The van der Waals surface area contributed by atoms with Crippen LogP contribution in [-0.2, 0) is 9.59 Å². The van der Waals surface area contributed by atoms with E-state index in [1.165, 1.54) is 19.2 Å². The van der Waals surface area contributed by atoms with Gasteiger partial charge in [0.05, 0.1) is 5.69 Å². The maximum absolute atomic E-state index is 12.1. The maximum atomic E-state index is 12.1. The Morgan fingerprint density at radius 2 is 1.94 bits per heavy atom. The first kappa shape index (κ1) is 14.4. The topological polar surface area (TPSA) is 71.1 Å². The van der Waals surface area contributed by atoms with Crippen LogP contribution in [0.15, 0.2) is 16.7 Å². The Bertz CT molecular complexity index is 490. The van der Waals surface area contributed by atoms with Crippen LogP contribution >= 0.6 is 15.9 Å². The van der Waals surface area contributed by atoms with E-state index in [9.17, 15) is 22.8 Å². The van der Waals surface area contributed by atoms with E-state index >= 15 is 0 Å². The lowest BCUT2D eigenvalue weighted by Gasteiger charge is -2.12. The van der Waals surface area contributed by atoms with Crippen molar-refractivity contribution in [2.45, 2.75) is 13.1 Å². The van der Waals surface area contributed by atoms with Crippen molar-refractivity contribution in [3.63, 3.8) is 0 Å². The molecule has 0 aromatic carbocycles. The Kier molecular flexibility index (Phi) is 4.28. The average molecular weight is 326 g/mol. The van der Waals surface area contributed by atoms with E-state index < -0.39 is 18.0 Å². The normalized spacial score (nSPS) is 10.9. The molecular weight excluding hydrogens is 319 g/mol. The standard InChI is InChI=1S/C9H7BrF3N3O2/c1-4(17)15-7-6(2-5(10)3-14-7)16-8(18)9(11,12)13/h2-3H,1H3,(H,16,18)(H,14,15,17). The molecule has 9 heteroatoms. The second-order valence-corrected chi connectivity index (χ2v) is 4.10. The number of hydrogen-bond acceptors (Lipinski definition) is 3. The summed E-state index contributed by atoms with van der Waals surface area (Å²) < 4.78 is 36.6. The largest absolute Gasteiger partial charge is 0.471 e. The van der Waals surface area contributed by atoms with Crippen LogP contribution in [0.1, 0.15) is 6.92 Å². The fraction of sp³-hybridized carbons (Fsp3) is 0.222. The second-order valence-electron chi connectivity index (χ2n) is 3.18. The quantitative estimate of drug-likeness (QED) is 0.876. The lowest BCUT2D eigenvalue weighted by atomic mass is 10.3. The van der Waals surface area contributed by atoms with E-state index in [0.717, 1.165) is 0 Å². The zero-order chi connectivity index (χ0) is 13.9. The summed E-state index contributed by atoms with van der Waals surface area (Å²) >= 11 is 3.00. The number of pyridine rings is 1. The van der Waals surface area contributed by atoms with Gasteiger partial charge < -0.3 is 10.6 Å². The van der Waals surface area contributed by atoms with Crippen molar-refractivity contribution in [3.8, 4) is 0 Å². The molecule has 0 fully saturated rings. The summed E-state index contributed by atoms with van der Waals surface area (Å²) in [6.07, 6.45) is -3.75. The predicted octanol–water partition coefficient (Wildman–Crippen LogP) is 2.30. The van der Waals surface area contributed by atoms with Gasteiger partial charge in [0.2, 0.25) is 5.91 Å². The zero-order valence-electron chi connectivity index (χ0n) is 8.93. The summed E-state index contributed by atoms with van der Waals surface area (Å²) in [7, 11) is 0. The highest BCUT2D eigenvalue weighted by Crippen LogP contribution is 2.25. The van der Waals surface area contributed by atoms with Crippen molar-refractivity contribution >= 4 is 39.2 Å². The number of rotatable bonds is 2. The number of carbonyl (C=O) groups is 2. The number of alkyl halides is 3. The summed E-state index contributed by atoms with van der Waals surface area (Å²) in [5.41, 5.74) is -0.248. The molecule has 1 aromatic heterocycles. The van der Waals surface area contributed by atoms with Crippen LogP contribution in [0.5, 0.6) is 0 Å². The molecular formula is C9H7BrF3N3O2. The SMILES string of the molecule is CC(=O)Nc1ncc(Br)cc1NC(=O)C(F)(F)F. The van der Waals surface area contributed by atoms with E-state index in [1.807, 2.05) is 0 Å². The Morgan fingerprint density at radius 3 is 2.44 bits per heavy atom. The van der Waals surface area contributed by atoms with Gasteiger partial charge in [0.1, 0.15) is 0 Å². The van der Waals surface area contributed by atoms with Crippen LogP contribution in [0.2, 0.25) is 0 Å². The Morgan fingerprint density at radius 1 is 1.33 bits per heavy atom. The highest BCUT2D eigenvalue weighted by Gasteiger charge is 2.39. The molecule has 2 amide bonds. The average Bonchev–Trinajstić information content (AvgIpc) is 2.20. The third kappa shape index (κ3) is 3.99. The van der Waals surface area contributed by atoms with E-state index in [4.69, 9.17) is 0 Å². The maximum Gasteiger partial charge on any atom is 0.471 e. The molecule has 1 rings (SSSR count). The molecule has 5 nitrogen and oxygen atoms in total. The van der Waals surface area contributed by atoms with Crippen molar-refractivity contribution in [1.29, 1.82) is 0 Å². The summed E-state index contributed by atoms with van der Waals surface area (Å²) in [6.45, 7) is 1.17. The molecule has 1 heterocycles. The van der Waals surface area contributed by atoms with Crippen LogP contribution in [0.25, 0.3) is 0 Å². The third-order valence-corrected chi connectivity index (χ3v) is 2.09. The van der Waals surface area contributed by atoms with Gasteiger partial charge in [-0.2, -0.15) is 13.2 Å². The van der Waals surface area contributed by atoms with E-state index in [0.29, 0.717) is 4.47 Å². The molecule has 0 aliphatic carbocycles. The molecule has 2 N–H and O–H groups in total. The van der Waals surface area contributed by atoms with Crippen LogP contribution in [-0.4, -0.2) is 23.0 Å². The van der Waals surface area contributed by atoms with E-state index in [2.05, 4.69) is 26.2 Å². The highest BCUT2D eigenvalue weighted by atomic mass is 79.9. The van der Waals surface area contributed by atoms with Crippen LogP contribution in [0, 0.1) is 0 Å². The molecule has 0 aliphatic rings. The summed E-state index contributed by atoms with van der Waals surface area (Å²) in [6, 6.07) is 1.20. The monoisotopic (exact) mass is 325 g/mol. The second kappa shape index (κ2) is 5.34. The minimum atomic E-state index is -5.02. The number of amides is 2. The van der Waals surface area contributed by atoms with Gasteiger partial charge in [0.25, 0.3) is 0 Å². The van der Waals surface area contributed by atoms with Gasteiger partial charge in [-0.05, 0) is 22.0 Å². The van der Waals surface area contributed by atoms with Crippen LogP contribution < -0.4 is 10.6 Å². The van der Waals surface area contributed by atoms with Gasteiger partial charge in [0.15, 0.2) is 5.82 Å². The first-order chi connectivity index (χ1) is 8.20. The summed E-state index contributed by atoms with van der Waals surface area (Å²) in [5, 5.41) is 3.83. The first-order valence-corrected chi connectivity index (χ1v) is 5.31. The predicted molar refractivity (Wildman–Crippen MR) is 60.9 cm³/mol. The number of halogens is 4. The smallest absolute Gasteiger partial charge is 0.315 e. The number of nitrogens with one attached hydrogen (secondary N) is 2. The lowest BCUT2D eigenvalue weighted by molar-refractivity contribution is -0.167. The Labute approximate surface area is 108 Å². The number of hydrogen-bond donors (Lipinski definition) is 2. The van der Waals surface area contributed by atoms with Crippen molar-refractivity contribution in [2.24, 2.45) is 0 Å². The summed E-state index contributed by atoms with van der Waals surface area (Å²) in [5.74, 6) is -2.83. The molecule has 0 atom stereocenters. The van der Waals surface area contributed by atoms with Gasteiger partial charge >= 0.3 is 12.1 Å². The molecule has 0 spiro atoms. The Hall–Kier alpha value is -1.64. The fourth-order valence-corrected chi connectivity index (χ4v) is 1.33. The fourth-order valence-electron chi connectivity index (χ4n) is 0.994. The number of nitrogens with zero attached hydrogens (tertiary/aromatic N) is 1. The number of aromatic nitrogens is 1. The van der Waals surface area contributed by atoms with Gasteiger partial charge in [-0.15, -0.1) is 0 Å². The van der Waals surface area contributed by atoms with Gasteiger partial charge in [-0.3, -0.25) is 9.59 Å². The van der Waals surface area contributed by atoms with E-state index in [1.54, 1.807) is 5.32 Å². The zero-order valence-corrected chi connectivity index (χ0v) is 10.5. The molecule has 0 bridgehead atoms. The number of anilines is 2.